The van der Waals surface area contributed by atoms with Crippen molar-refractivity contribution in [1.82, 2.24) is 0 Å². The fourth-order valence-corrected chi connectivity index (χ4v) is 1.86. The molecule has 0 fully saturated rings. The van der Waals surface area contributed by atoms with Crippen molar-refractivity contribution in [2.45, 2.75) is 12.7 Å². The molecule has 0 atom stereocenters. The van der Waals surface area contributed by atoms with Gasteiger partial charge in [0, 0.05) is 26.3 Å². The van der Waals surface area contributed by atoms with Gasteiger partial charge in [0.15, 0.2) is 6.29 Å². The van der Waals surface area contributed by atoms with Gasteiger partial charge in [-0.15, -0.1) is 0 Å². The third-order valence-corrected chi connectivity index (χ3v) is 3.14. The standard InChI is InChI=1S/C10H14O2.C8H9NO2/c1-11-10(12-2)8-9-6-4-3-5-7-9;1-11-8(10)6-4-2-3-5-7(6)9/h3-7,10H,8H2,1-2H3;2-5H,9H2,1H3. The molecule has 0 spiro atoms. The summed E-state index contributed by atoms with van der Waals surface area (Å²) in [6.45, 7) is 0. The summed E-state index contributed by atoms with van der Waals surface area (Å²) in [7, 11) is 4.63. The lowest BCUT2D eigenvalue weighted by Crippen LogP contribution is -2.15. The highest BCUT2D eigenvalue weighted by molar-refractivity contribution is 5.94. The van der Waals surface area contributed by atoms with Gasteiger partial charge in [-0.3, -0.25) is 0 Å². The number of carbonyl (C=O) groups excluding carboxylic acids is 1. The third kappa shape index (κ3) is 6.50. The highest BCUT2D eigenvalue weighted by atomic mass is 16.7. The van der Waals surface area contributed by atoms with Crippen molar-refractivity contribution in [2.75, 3.05) is 27.1 Å². The maximum atomic E-state index is 10.9. The predicted octanol–water partition coefficient (Wildman–Crippen LogP) is 2.90. The highest BCUT2D eigenvalue weighted by Gasteiger charge is 2.07. The predicted molar refractivity (Wildman–Crippen MR) is 90.1 cm³/mol. The van der Waals surface area contributed by atoms with Crippen molar-refractivity contribution >= 4 is 11.7 Å². The first-order chi connectivity index (χ1) is 11.1. The number of carbonyl (C=O) groups is 1. The summed E-state index contributed by atoms with van der Waals surface area (Å²) in [4.78, 5) is 10.9. The molecule has 23 heavy (non-hydrogen) atoms. The van der Waals surface area contributed by atoms with Crippen LogP contribution in [-0.2, 0) is 20.6 Å². The minimum atomic E-state index is -0.400. The van der Waals surface area contributed by atoms with Gasteiger partial charge in [-0.05, 0) is 17.7 Å². The third-order valence-electron chi connectivity index (χ3n) is 3.14. The SMILES string of the molecule is COC(=O)c1ccccc1N.COC(Cc1ccccc1)OC. The van der Waals surface area contributed by atoms with Crippen molar-refractivity contribution in [3.8, 4) is 0 Å². The van der Waals surface area contributed by atoms with E-state index in [0.29, 0.717) is 11.3 Å². The molecule has 0 aliphatic carbocycles. The number of para-hydroxylation sites is 1. The highest BCUT2D eigenvalue weighted by Crippen LogP contribution is 2.10. The van der Waals surface area contributed by atoms with Gasteiger partial charge in [0.2, 0.25) is 0 Å². The van der Waals surface area contributed by atoms with Gasteiger partial charge < -0.3 is 19.9 Å². The molecule has 0 heterocycles. The minimum Gasteiger partial charge on any atom is -0.465 e. The van der Waals surface area contributed by atoms with Crippen LogP contribution in [-0.4, -0.2) is 33.6 Å². The Morgan fingerprint density at radius 1 is 0.957 bits per heavy atom. The first kappa shape index (κ1) is 18.7. The molecule has 0 saturated carbocycles. The average molecular weight is 317 g/mol. The largest absolute Gasteiger partial charge is 0.465 e. The summed E-state index contributed by atoms with van der Waals surface area (Å²) in [5, 5.41) is 0. The van der Waals surface area contributed by atoms with Gasteiger partial charge >= 0.3 is 5.97 Å². The van der Waals surface area contributed by atoms with Crippen LogP contribution in [0.1, 0.15) is 15.9 Å². The molecular formula is C18H23NO4. The molecule has 5 heteroatoms. The van der Waals surface area contributed by atoms with E-state index < -0.39 is 5.97 Å². The topological polar surface area (TPSA) is 70.8 Å². The molecular weight excluding hydrogens is 294 g/mol. The summed E-state index contributed by atoms with van der Waals surface area (Å²) >= 11 is 0. The molecule has 5 nitrogen and oxygen atoms in total. The normalized spacial score (nSPS) is 9.91. The van der Waals surface area contributed by atoms with Crippen LogP contribution < -0.4 is 5.73 Å². The number of hydrogen-bond acceptors (Lipinski definition) is 5. The number of esters is 1. The molecule has 0 amide bonds. The van der Waals surface area contributed by atoms with Crippen molar-refractivity contribution in [3.05, 3.63) is 65.7 Å². The maximum absolute atomic E-state index is 10.9. The Balaban J connectivity index is 0.000000231. The van der Waals surface area contributed by atoms with Crippen LogP contribution in [0, 0.1) is 0 Å². The van der Waals surface area contributed by atoms with E-state index in [1.807, 2.05) is 18.2 Å². The molecule has 0 saturated heterocycles. The Hall–Kier alpha value is -2.37. The van der Waals surface area contributed by atoms with Crippen LogP contribution in [0.5, 0.6) is 0 Å². The second-order valence-corrected chi connectivity index (χ2v) is 4.67. The first-order valence-electron chi connectivity index (χ1n) is 7.14. The Morgan fingerprint density at radius 2 is 1.52 bits per heavy atom. The zero-order chi connectivity index (χ0) is 17.1. The van der Waals surface area contributed by atoms with Crippen molar-refractivity contribution < 1.29 is 19.0 Å². The number of anilines is 1. The number of nitrogens with two attached hydrogens (primary N) is 1. The molecule has 2 rings (SSSR count). The summed E-state index contributed by atoms with van der Waals surface area (Å²) in [5.74, 6) is -0.400. The van der Waals surface area contributed by atoms with Crippen molar-refractivity contribution in [3.63, 3.8) is 0 Å². The van der Waals surface area contributed by atoms with E-state index in [0.717, 1.165) is 6.42 Å². The Bertz CT molecular complexity index is 583. The fraction of sp³-hybridized carbons (Fsp3) is 0.278. The van der Waals surface area contributed by atoms with Crippen LogP contribution in [0.3, 0.4) is 0 Å². The maximum Gasteiger partial charge on any atom is 0.339 e. The minimum absolute atomic E-state index is 0.132. The van der Waals surface area contributed by atoms with Gasteiger partial charge in [0.1, 0.15) is 0 Å². The van der Waals surface area contributed by atoms with Gasteiger partial charge in [0.05, 0.1) is 12.7 Å². The Labute approximate surface area is 137 Å². The Morgan fingerprint density at radius 3 is 2.04 bits per heavy atom. The molecule has 0 bridgehead atoms. The van der Waals surface area contributed by atoms with E-state index in [4.69, 9.17) is 15.2 Å². The molecule has 0 unspecified atom stereocenters. The van der Waals surface area contributed by atoms with Crippen molar-refractivity contribution in [2.24, 2.45) is 0 Å². The van der Waals surface area contributed by atoms with Gasteiger partial charge in [-0.2, -0.15) is 0 Å². The van der Waals surface area contributed by atoms with E-state index in [1.54, 1.807) is 38.5 Å². The van der Waals surface area contributed by atoms with Crippen LogP contribution in [0.15, 0.2) is 54.6 Å². The molecule has 2 aromatic rings. The molecule has 124 valence electrons. The molecule has 0 aliphatic rings. The molecule has 2 N–H and O–H groups in total. The summed E-state index contributed by atoms with van der Waals surface area (Å²) in [6, 6.07) is 16.9. The lowest BCUT2D eigenvalue weighted by molar-refractivity contribution is -0.100. The molecule has 0 aliphatic heterocycles. The summed E-state index contributed by atoms with van der Waals surface area (Å²) < 4.78 is 14.7. The van der Waals surface area contributed by atoms with Crippen LogP contribution in [0.4, 0.5) is 5.69 Å². The lowest BCUT2D eigenvalue weighted by Gasteiger charge is -2.12. The van der Waals surface area contributed by atoms with Crippen LogP contribution in [0.2, 0.25) is 0 Å². The first-order valence-corrected chi connectivity index (χ1v) is 7.14. The summed E-state index contributed by atoms with van der Waals surface area (Å²) in [5.41, 5.74) is 7.58. The monoisotopic (exact) mass is 317 g/mol. The van der Waals surface area contributed by atoms with Crippen molar-refractivity contribution in [1.29, 1.82) is 0 Å². The van der Waals surface area contributed by atoms with Gasteiger partial charge in [-0.1, -0.05) is 42.5 Å². The number of benzene rings is 2. The molecule has 0 radical (unpaired) electrons. The molecule has 2 aromatic carbocycles. The fourth-order valence-electron chi connectivity index (χ4n) is 1.86. The number of rotatable bonds is 5. The van der Waals surface area contributed by atoms with Crippen LogP contribution in [0.25, 0.3) is 0 Å². The van der Waals surface area contributed by atoms with Gasteiger partial charge in [0.25, 0.3) is 0 Å². The lowest BCUT2D eigenvalue weighted by atomic mass is 10.1. The van der Waals surface area contributed by atoms with E-state index in [1.165, 1.54) is 12.7 Å². The Kier molecular flexibility index (Phi) is 8.42. The number of methoxy groups -OCH3 is 3. The van der Waals surface area contributed by atoms with E-state index in [-0.39, 0.29) is 6.29 Å². The van der Waals surface area contributed by atoms with Crippen LogP contribution >= 0.6 is 0 Å². The number of nitrogen functional groups attached to an aromatic ring is 1. The van der Waals surface area contributed by atoms with E-state index in [9.17, 15) is 4.79 Å². The summed E-state index contributed by atoms with van der Waals surface area (Å²) in [6.07, 6.45) is 0.667. The van der Waals surface area contributed by atoms with E-state index >= 15 is 0 Å². The van der Waals surface area contributed by atoms with E-state index in [2.05, 4.69) is 16.9 Å². The average Bonchev–Trinajstić information content (AvgIpc) is 2.61. The van der Waals surface area contributed by atoms with Gasteiger partial charge in [-0.25, -0.2) is 4.79 Å². The number of hydrogen-bond donors (Lipinski definition) is 1. The second-order valence-electron chi connectivity index (χ2n) is 4.67. The zero-order valence-electron chi connectivity index (χ0n) is 13.7. The smallest absolute Gasteiger partial charge is 0.339 e. The quantitative estimate of drug-likeness (QED) is 0.521. The molecule has 0 aromatic heterocycles. The second kappa shape index (κ2) is 10.4. The number of ether oxygens (including phenoxy) is 3. The zero-order valence-corrected chi connectivity index (χ0v) is 13.7.